The lowest BCUT2D eigenvalue weighted by Gasteiger charge is -2.13. The fraction of sp³-hybridized carbons (Fsp3) is 0.318. The molecule has 2 heterocycles. The second-order valence-corrected chi connectivity index (χ2v) is 8.83. The lowest BCUT2D eigenvalue weighted by atomic mass is 10.2. The molecule has 0 unspecified atom stereocenters. The van der Waals surface area contributed by atoms with Gasteiger partial charge in [-0.3, -0.25) is 19.3 Å². The van der Waals surface area contributed by atoms with Gasteiger partial charge in [0.25, 0.3) is 11.1 Å². The third kappa shape index (κ3) is 4.47. The molecule has 2 amide bonds. The molecule has 1 aliphatic rings. The Balaban J connectivity index is 1.91. The second-order valence-electron chi connectivity index (χ2n) is 7.40. The highest BCUT2D eigenvalue weighted by molar-refractivity contribution is 8.18. The molecule has 0 aliphatic carbocycles. The highest BCUT2D eigenvalue weighted by Crippen LogP contribution is 2.34. The van der Waals surface area contributed by atoms with Gasteiger partial charge in [-0.15, -0.1) is 0 Å². The zero-order valence-electron chi connectivity index (χ0n) is 17.5. The summed E-state index contributed by atoms with van der Waals surface area (Å²) in [4.78, 5) is 38.0. The largest absolute Gasteiger partial charge is 0.462 e. The number of imide groups is 1. The molecule has 1 aliphatic heterocycles. The van der Waals surface area contributed by atoms with E-state index in [1.165, 1.54) is 0 Å². The average Bonchev–Trinajstić information content (AvgIpc) is 3.07. The van der Waals surface area contributed by atoms with Crippen LogP contribution in [0.2, 0.25) is 5.02 Å². The molecule has 0 N–H and O–H groups in total. The Morgan fingerprint density at radius 3 is 2.57 bits per heavy atom. The molecule has 0 radical (unpaired) electrons. The Labute approximate surface area is 184 Å². The molecule has 0 spiro atoms. The minimum absolute atomic E-state index is 0.278. The van der Waals surface area contributed by atoms with Crippen LogP contribution in [0.3, 0.4) is 0 Å². The number of amides is 2. The number of nitrogens with zero attached hydrogens (tertiary/aromatic N) is 2. The molecule has 0 atom stereocenters. The molecule has 0 saturated carbocycles. The number of hydrogen-bond donors (Lipinski definition) is 0. The number of thioether (sulfide) groups is 1. The van der Waals surface area contributed by atoms with Crippen molar-refractivity contribution in [3.05, 3.63) is 56.7 Å². The summed E-state index contributed by atoms with van der Waals surface area (Å²) in [6.07, 6.45) is 1.38. The number of carbonyl (C=O) groups excluding carboxylic acids is 3. The van der Waals surface area contributed by atoms with Crippen LogP contribution in [-0.4, -0.2) is 39.2 Å². The molecule has 2 aromatic rings. The van der Waals surface area contributed by atoms with Crippen molar-refractivity contribution in [2.24, 2.45) is 0 Å². The first kappa shape index (κ1) is 22.2. The Kier molecular flexibility index (Phi) is 6.43. The number of hydrogen-bond acceptors (Lipinski definition) is 5. The molecule has 8 heteroatoms. The minimum Gasteiger partial charge on any atom is -0.462 e. The first-order valence-corrected chi connectivity index (χ1v) is 10.7. The SMILES string of the molecule is Cc1ccc(Cl)cc1-n1c(C)cc(/C=C2/SC(=O)N(CC(=O)OC(C)C)C2=O)c1C. The predicted octanol–water partition coefficient (Wildman–Crippen LogP) is 5.04. The maximum Gasteiger partial charge on any atom is 0.326 e. The normalized spacial score (nSPS) is 15.6. The highest BCUT2D eigenvalue weighted by Gasteiger charge is 2.37. The fourth-order valence-corrected chi connectivity index (χ4v) is 4.33. The van der Waals surface area contributed by atoms with Gasteiger partial charge in [0.2, 0.25) is 0 Å². The third-order valence-corrected chi connectivity index (χ3v) is 5.84. The summed E-state index contributed by atoms with van der Waals surface area (Å²) < 4.78 is 7.11. The van der Waals surface area contributed by atoms with E-state index in [0.29, 0.717) is 5.02 Å². The number of benzene rings is 1. The summed E-state index contributed by atoms with van der Waals surface area (Å²) in [5, 5.41) is 0.158. The number of ether oxygens (including phenoxy) is 1. The summed E-state index contributed by atoms with van der Waals surface area (Å²) in [6.45, 7) is 8.96. The van der Waals surface area contributed by atoms with Crippen molar-refractivity contribution in [2.75, 3.05) is 6.54 Å². The van der Waals surface area contributed by atoms with Crippen LogP contribution in [0.5, 0.6) is 0 Å². The van der Waals surface area contributed by atoms with Gasteiger partial charge in [-0.2, -0.15) is 0 Å². The van der Waals surface area contributed by atoms with Crippen molar-refractivity contribution < 1.29 is 19.1 Å². The van der Waals surface area contributed by atoms with E-state index >= 15 is 0 Å². The number of rotatable bonds is 5. The number of aromatic nitrogens is 1. The van der Waals surface area contributed by atoms with Crippen LogP contribution in [0.4, 0.5) is 4.79 Å². The number of aryl methyl sites for hydroxylation is 2. The van der Waals surface area contributed by atoms with E-state index < -0.39 is 17.1 Å². The first-order valence-electron chi connectivity index (χ1n) is 9.48. The van der Waals surface area contributed by atoms with Gasteiger partial charge >= 0.3 is 5.97 Å². The van der Waals surface area contributed by atoms with Gasteiger partial charge < -0.3 is 9.30 Å². The van der Waals surface area contributed by atoms with Gasteiger partial charge in [0.1, 0.15) is 6.54 Å². The lowest BCUT2D eigenvalue weighted by Crippen LogP contribution is -2.35. The summed E-state index contributed by atoms with van der Waals surface area (Å²) in [7, 11) is 0. The number of halogens is 1. The molecular weight excluding hydrogens is 424 g/mol. The summed E-state index contributed by atoms with van der Waals surface area (Å²) in [5.74, 6) is -1.10. The number of carbonyl (C=O) groups is 3. The van der Waals surface area contributed by atoms with E-state index in [1.807, 2.05) is 45.0 Å². The van der Waals surface area contributed by atoms with Gasteiger partial charge in [-0.05, 0) is 81.8 Å². The van der Waals surface area contributed by atoms with Crippen molar-refractivity contribution in [1.29, 1.82) is 0 Å². The van der Waals surface area contributed by atoms with Crippen molar-refractivity contribution in [1.82, 2.24) is 9.47 Å². The molecule has 6 nitrogen and oxygen atoms in total. The summed E-state index contributed by atoms with van der Waals surface area (Å²) >= 11 is 7.01. The van der Waals surface area contributed by atoms with Gasteiger partial charge in [-0.1, -0.05) is 17.7 Å². The van der Waals surface area contributed by atoms with E-state index in [9.17, 15) is 14.4 Å². The van der Waals surface area contributed by atoms with E-state index in [4.69, 9.17) is 16.3 Å². The van der Waals surface area contributed by atoms with E-state index in [1.54, 1.807) is 19.9 Å². The maximum atomic E-state index is 12.7. The van der Waals surface area contributed by atoms with Gasteiger partial charge in [0.15, 0.2) is 0 Å². The van der Waals surface area contributed by atoms with Crippen molar-refractivity contribution in [3.8, 4) is 5.69 Å². The molecule has 1 saturated heterocycles. The van der Waals surface area contributed by atoms with Crippen LogP contribution in [0.1, 0.15) is 36.4 Å². The Hall–Kier alpha value is -2.51. The molecule has 1 aromatic heterocycles. The monoisotopic (exact) mass is 446 g/mol. The van der Waals surface area contributed by atoms with E-state index in [-0.39, 0.29) is 17.6 Å². The lowest BCUT2D eigenvalue weighted by molar-refractivity contribution is -0.149. The van der Waals surface area contributed by atoms with Crippen molar-refractivity contribution in [2.45, 2.75) is 40.7 Å². The topological polar surface area (TPSA) is 68.6 Å². The Morgan fingerprint density at radius 1 is 1.20 bits per heavy atom. The average molecular weight is 447 g/mol. The first-order chi connectivity index (χ1) is 14.1. The van der Waals surface area contributed by atoms with Crippen LogP contribution < -0.4 is 0 Å². The van der Waals surface area contributed by atoms with Gasteiger partial charge in [0, 0.05) is 22.1 Å². The minimum atomic E-state index is -0.608. The van der Waals surface area contributed by atoms with Gasteiger partial charge in [0.05, 0.1) is 11.0 Å². The molecular formula is C22H23ClN2O4S. The molecule has 30 heavy (non-hydrogen) atoms. The summed E-state index contributed by atoms with van der Waals surface area (Å²) in [6, 6.07) is 7.65. The van der Waals surface area contributed by atoms with Crippen LogP contribution in [0, 0.1) is 20.8 Å². The van der Waals surface area contributed by atoms with Gasteiger partial charge in [-0.25, -0.2) is 0 Å². The Morgan fingerprint density at radius 2 is 1.90 bits per heavy atom. The quantitative estimate of drug-likeness (QED) is 0.475. The van der Waals surface area contributed by atoms with Crippen molar-refractivity contribution >= 4 is 46.6 Å². The number of esters is 1. The highest BCUT2D eigenvalue weighted by atomic mass is 35.5. The van der Waals surface area contributed by atoms with Crippen LogP contribution in [0.15, 0.2) is 29.2 Å². The summed E-state index contributed by atoms with van der Waals surface area (Å²) in [5.41, 5.74) is 4.74. The molecule has 1 fully saturated rings. The van der Waals surface area contributed by atoms with Crippen LogP contribution >= 0.6 is 23.4 Å². The molecule has 1 aromatic carbocycles. The smallest absolute Gasteiger partial charge is 0.326 e. The maximum absolute atomic E-state index is 12.7. The van der Waals surface area contributed by atoms with E-state index in [2.05, 4.69) is 4.57 Å². The Bertz CT molecular complexity index is 1070. The van der Waals surface area contributed by atoms with E-state index in [0.717, 1.165) is 44.9 Å². The third-order valence-electron chi connectivity index (χ3n) is 4.70. The molecule has 0 bridgehead atoms. The second kappa shape index (κ2) is 8.70. The van der Waals surface area contributed by atoms with Crippen LogP contribution in [0.25, 0.3) is 11.8 Å². The fourth-order valence-electron chi connectivity index (χ4n) is 3.33. The molecule has 3 rings (SSSR count). The van der Waals surface area contributed by atoms with Crippen LogP contribution in [-0.2, 0) is 14.3 Å². The zero-order chi connectivity index (χ0) is 22.2. The predicted molar refractivity (Wildman–Crippen MR) is 119 cm³/mol. The zero-order valence-corrected chi connectivity index (χ0v) is 19.1. The van der Waals surface area contributed by atoms with Crippen molar-refractivity contribution in [3.63, 3.8) is 0 Å². The standard InChI is InChI=1S/C22H23ClN2O4S/c1-12(2)29-20(26)11-24-21(27)19(30-22(24)28)9-16-8-14(4)25(15(16)5)18-10-17(23)7-6-13(18)3/h6-10,12H,11H2,1-5H3/b19-9+. The molecule has 158 valence electrons.